The van der Waals surface area contributed by atoms with Gasteiger partial charge in [0.2, 0.25) is 5.91 Å². The van der Waals surface area contributed by atoms with E-state index < -0.39 is 12.1 Å². The third-order valence-corrected chi connectivity index (χ3v) is 5.85. The van der Waals surface area contributed by atoms with E-state index in [1.807, 2.05) is 11.1 Å². The van der Waals surface area contributed by atoms with Crippen LogP contribution in [0.15, 0.2) is 18.5 Å². The summed E-state index contributed by atoms with van der Waals surface area (Å²) < 4.78 is 0. The number of anilines is 2. The number of alkyl halides is 1. The van der Waals surface area contributed by atoms with Crippen LogP contribution in [0.5, 0.6) is 0 Å². The lowest BCUT2D eigenvalue weighted by atomic mass is 10.0. The highest BCUT2D eigenvalue weighted by atomic mass is 35.5. The zero-order chi connectivity index (χ0) is 19.0. The number of halogens is 1. The zero-order valence-corrected chi connectivity index (χ0v) is 15.9. The fraction of sp³-hybridized carbons (Fsp3) is 0.647. The van der Waals surface area contributed by atoms with Crippen molar-refractivity contribution in [2.45, 2.75) is 36.6 Å². The van der Waals surface area contributed by atoms with E-state index in [-0.39, 0.29) is 23.5 Å². The van der Waals surface area contributed by atoms with E-state index in [0.717, 1.165) is 31.6 Å². The maximum absolute atomic E-state index is 13.1. The van der Waals surface area contributed by atoms with E-state index in [0.29, 0.717) is 18.8 Å². The summed E-state index contributed by atoms with van der Waals surface area (Å²) in [5.41, 5.74) is 17.0. The summed E-state index contributed by atoms with van der Waals surface area (Å²) >= 11 is 6.20. The van der Waals surface area contributed by atoms with Crippen molar-refractivity contribution in [2.75, 3.05) is 36.4 Å². The predicted molar refractivity (Wildman–Crippen MR) is 105 cm³/mol. The Kier molecular flexibility index (Phi) is 5.49. The van der Waals surface area contributed by atoms with Crippen molar-refractivity contribution < 1.29 is 4.79 Å². The van der Waals surface area contributed by atoms with Gasteiger partial charge in [0.1, 0.15) is 0 Å². The van der Waals surface area contributed by atoms with Crippen molar-refractivity contribution >= 4 is 28.9 Å². The van der Waals surface area contributed by atoms with Gasteiger partial charge >= 0.3 is 0 Å². The fourth-order valence-corrected chi connectivity index (χ4v) is 4.33. The number of hydrogen-bond acceptors (Lipinski definition) is 8. The van der Waals surface area contributed by atoms with Gasteiger partial charge in [-0.3, -0.25) is 15.1 Å². The fourth-order valence-electron chi connectivity index (χ4n) is 4.09. The van der Waals surface area contributed by atoms with Crippen molar-refractivity contribution in [2.24, 2.45) is 17.4 Å². The Hall–Kier alpha value is -1.49. The van der Waals surface area contributed by atoms with Gasteiger partial charge in [0.05, 0.1) is 41.2 Å². The van der Waals surface area contributed by atoms with Gasteiger partial charge in [-0.25, -0.2) is 10.4 Å². The molecule has 9 nitrogen and oxygen atoms in total. The molecule has 4 unspecified atom stereocenters. The maximum Gasteiger partial charge on any atom is 0.233 e. The summed E-state index contributed by atoms with van der Waals surface area (Å²) in [5.74, 6) is -0.567. The molecule has 4 atom stereocenters. The number of piperidine rings is 1. The van der Waals surface area contributed by atoms with Gasteiger partial charge in [0, 0.05) is 38.4 Å². The van der Waals surface area contributed by atoms with Crippen LogP contribution in [0.3, 0.4) is 0 Å². The highest BCUT2D eigenvalue weighted by molar-refractivity contribution is 6.21. The summed E-state index contributed by atoms with van der Waals surface area (Å²) in [4.78, 5) is 19.5. The number of pyridine rings is 1. The van der Waals surface area contributed by atoms with Gasteiger partial charge in [0.25, 0.3) is 0 Å². The number of nitrogens with two attached hydrogens (primary N) is 2. The molecule has 1 aromatic heterocycles. The molecule has 1 aromatic rings. The molecule has 1 amide bonds. The van der Waals surface area contributed by atoms with Crippen LogP contribution >= 0.6 is 11.6 Å². The van der Waals surface area contributed by atoms with Crippen molar-refractivity contribution in [3.8, 4) is 0 Å². The Balaban J connectivity index is 1.48. The van der Waals surface area contributed by atoms with Crippen LogP contribution in [0, 0.1) is 5.92 Å². The molecular weight excluding hydrogens is 368 g/mol. The minimum Gasteiger partial charge on any atom is -0.370 e. The van der Waals surface area contributed by atoms with Gasteiger partial charge in [-0.15, -0.1) is 11.6 Å². The molecule has 0 aromatic carbocycles. The van der Waals surface area contributed by atoms with Crippen molar-refractivity contribution in [3.63, 3.8) is 0 Å². The molecule has 3 aliphatic heterocycles. The van der Waals surface area contributed by atoms with Crippen molar-refractivity contribution in [1.82, 2.24) is 20.7 Å². The van der Waals surface area contributed by atoms with Crippen LogP contribution in [0.4, 0.5) is 11.4 Å². The summed E-state index contributed by atoms with van der Waals surface area (Å²) in [7, 11) is 0. The smallest absolute Gasteiger partial charge is 0.233 e. The maximum atomic E-state index is 13.1. The van der Waals surface area contributed by atoms with Crippen LogP contribution in [0.2, 0.25) is 0 Å². The molecule has 0 bridgehead atoms. The van der Waals surface area contributed by atoms with Crippen LogP contribution in [-0.4, -0.2) is 65.8 Å². The SMILES string of the molecule is NC1CCN(c2ccncc2NC(=O)C2C(N)NN3CC(Cl)CNC23)CC1. The second kappa shape index (κ2) is 7.86. The van der Waals surface area contributed by atoms with Gasteiger partial charge in [0.15, 0.2) is 0 Å². The predicted octanol–water partition coefficient (Wildman–Crippen LogP) is -0.794. The van der Waals surface area contributed by atoms with E-state index in [4.69, 9.17) is 23.1 Å². The van der Waals surface area contributed by atoms with Crippen molar-refractivity contribution in [1.29, 1.82) is 0 Å². The summed E-state index contributed by atoms with van der Waals surface area (Å²) in [6, 6.07) is 2.18. The largest absolute Gasteiger partial charge is 0.370 e. The molecule has 148 valence electrons. The number of rotatable bonds is 3. The third-order valence-electron chi connectivity index (χ3n) is 5.56. The molecule has 3 aliphatic rings. The monoisotopic (exact) mass is 394 g/mol. The Morgan fingerprint density at radius 1 is 1.33 bits per heavy atom. The number of nitrogens with zero attached hydrogens (tertiary/aromatic N) is 3. The van der Waals surface area contributed by atoms with Crippen LogP contribution in [0.1, 0.15) is 12.8 Å². The number of hydrogen-bond donors (Lipinski definition) is 5. The van der Waals surface area contributed by atoms with Crippen LogP contribution < -0.4 is 32.4 Å². The standard InChI is InChI=1S/C17H27ClN8O/c18-10-7-22-16-14(15(20)24-26(16)9-10)17(27)23-12-8-21-4-1-13(12)25-5-2-11(19)3-6-25/h1,4,8,10-11,14-16,22,24H,2-3,5-7,9,19-20H2,(H,23,27). The first-order chi connectivity index (χ1) is 13.0. The third kappa shape index (κ3) is 3.89. The van der Waals surface area contributed by atoms with Gasteiger partial charge in [-0.1, -0.05) is 0 Å². The van der Waals surface area contributed by atoms with Crippen LogP contribution in [0.25, 0.3) is 0 Å². The Morgan fingerprint density at radius 3 is 2.89 bits per heavy atom. The summed E-state index contributed by atoms with van der Waals surface area (Å²) in [6.45, 7) is 3.02. The number of carbonyl (C=O) groups is 1. The minimum absolute atomic E-state index is 0.0156. The molecule has 4 rings (SSSR count). The second-order valence-corrected chi connectivity index (χ2v) is 8.11. The first-order valence-corrected chi connectivity index (χ1v) is 9.88. The normalized spacial score (nSPS) is 32.3. The van der Waals surface area contributed by atoms with Gasteiger partial charge in [-0.2, -0.15) is 0 Å². The number of hydrazine groups is 1. The van der Waals surface area contributed by atoms with Crippen molar-refractivity contribution in [3.05, 3.63) is 18.5 Å². The van der Waals surface area contributed by atoms with E-state index >= 15 is 0 Å². The number of carbonyl (C=O) groups excluding carboxylic acids is 1. The first-order valence-electron chi connectivity index (χ1n) is 9.44. The minimum atomic E-state index is -0.474. The molecule has 27 heavy (non-hydrogen) atoms. The number of nitrogens with one attached hydrogen (secondary N) is 3. The quantitative estimate of drug-likeness (QED) is 0.422. The Bertz CT molecular complexity index is 683. The molecule has 3 fully saturated rings. The van der Waals surface area contributed by atoms with E-state index in [1.54, 1.807) is 12.4 Å². The Morgan fingerprint density at radius 2 is 2.11 bits per heavy atom. The average Bonchev–Trinajstić information content (AvgIpc) is 2.98. The number of fused-ring (bicyclic) bond motifs is 1. The zero-order valence-electron chi connectivity index (χ0n) is 15.1. The molecule has 0 radical (unpaired) electrons. The second-order valence-electron chi connectivity index (χ2n) is 7.49. The first kappa shape index (κ1) is 18.9. The highest BCUT2D eigenvalue weighted by Crippen LogP contribution is 2.29. The Labute approximate surface area is 163 Å². The van der Waals surface area contributed by atoms with Gasteiger partial charge in [-0.05, 0) is 18.9 Å². The summed E-state index contributed by atoms with van der Waals surface area (Å²) in [5, 5.41) is 8.26. The lowest BCUT2D eigenvalue weighted by Crippen LogP contribution is -2.58. The van der Waals surface area contributed by atoms with E-state index in [1.165, 1.54) is 0 Å². The molecule has 10 heteroatoms. The average molecular weight is 395 g/mol. The van der Waals surface area contributed by atoms with Crippen LogP contribution in [-0.2, 0) is 4.79 Å². The summed E-state index contributed by atoms with van der Waals surface area (Å²) in [6.07, 6.45) is 4.66. The molecular formula is C17H27ClN8O. The lowest BCUT2D eigenvalue weighted by Gasteiger charge is -2.35. The van der Waals surface area contributed by atoms with E-state index in [9.17, 15) is 4.79 Å². The molecule has 0 saturated carbocycles. The molecule has 0 spiro atoms. The topological polar surface area (TPSA) is 125 Å². The lowest BCUT2D eigenvalue weighted by molar-refractivity contribution is -0.121. The number of aromatic nitrogens is 1. The number of amides is 1. The highest BCUT2D eigenvalue weighted by Gasteiger charge is 2.46. The molecule has 7 N–H and O–H groups in total. The molecule has 4 heterocycles. The van der Waals surface area contributed by atoms with Gasteiger partial charge < -0.3 is 21.7 Å². The van der Waals surface area contributed by atoms with E-state index in [2.05, 4.69) is 25.9 Å². The molecule has 3 saturated heterocycles. The molecule has 0 aliphatic carbocycles.